The maximum absolute atomic E-state index is 13.6. The minimum atomic E-state index is -0.312. The van der Waals surface area contributed by atoms with Crippen molar-refractivity contribution in [2.75, 3.05) is 0 Å². The lowest BCUT2D eigenvalue weighted by atomic mass is 9.97. The molecule has 1 aliphatic rings. The highest BCUT2D eigenvalue weighted by Gasteiger charge is 2.44. The van der Waals surface area contributed by atoms with Gasteiger partial charge < -0.3 is 0 Å². The van der Waals surface area contributed by atoms with Gasteiger partial charge in [0.2, 0.25) is 0 Å². The summed E-state index contributed by atoms with van der Waals surface area (Å²) in [5, 5.41) is 0. The Labute approximate surface area is 85.3 Å². The van der Waals surface area contributed by atoms with E-state index in [9.17, 15) is 4.39 Å². The molecule has 0 N–H and O–H groups in total. The SMILES string of the molecule is C#CC1(c2cccc(Br)c2F)CC1. The van der Waals surface area contributed by atoms with E-state index in [-0.39, 0.29) is 11.2 Å². The van der Waals surface area contributed by atoms with Crippen LogP contribution in [-0.2, 0) is 5.41 Å². The van der Waals surface area contributed by atoms with Gasteiger partial charge in [-0.3, -0.25) is 0 Å². The Balaban J connectivity index is 2.54. The Bertz CT molecular complexity index is 386. The molecule has 2 heteroatoms. The van der Waals surface area contributed by atoms with Gasteiger partial charge in [0, 0.05) is 5.56 Å². The maximum atomic E-state index is 13.6. The summed E-state index contributed by atoms with van der Waals surface area (Å²) in [6.07, 6.45) is 7.19. The summed E-state index contributed by atoms with van der Waals surface area (Å²) in [5.41, 5.74) is 0.345. The number of halogens is 2. The third-order valence-electron chi connectivity index (χ3n) is 2.49. The first-order chi connectivity index (χ1) is 6.19. The molecule has 0 saturated heterocycles. The average Bonchev–Trinajstić information content (AvgIpc) is 2.90. The summed E-state index contributed by atoms with van der Waals surface area (Å²) in [5.74, 6) is 2.47. The molecule has 13 heavy (non-hydrogen) atoms. The van der Waals surface area contributed by atoms with Crippen LogP contribution in [0.15, 0.2) is 22.7 Å². The zero-order valence-corrected chi connectivity index (χ0v) is 8.57. The van der Waals surface area contributed by atoms with Gasteiger partial charge in [0.15, 0.2) is 0 Å². The van der Waals surface area contributed by atoms with E-state index in [2.05, 4.69) is 21.9 Å². The molecule has 0 amide bonds. The van der Waals surface area contributed by atoms with Gasteiger partial charge in [-0.25, -0.2) is 4.39 Å². The van der Waals surface area contributed by atoms with Crippen LogP contribution in [0.3, 0.4) is 0 Å². The van der Waals surface area contributed by atoms with Crippen molar-refractivity contribution in [3.63, 3.8) is 0 Å². The Hall–Kier alpha value is -0.810. The lowest BCUT2D eigenvalue weighted by Crippen LogP contribution is -2.05. The van der Waals surface area contributed by atoms with Crippen LogP contribution in [0.1, 0.15) is 18.4 Å². The third kappa shape index (κ3) is 1.28. The molecule has 1 saturated carbocycles. The molecule has 1 fully saturated rings. The van der Waals surface area contributed by atoms with Gasteiger partial charge >= 0.3 is 0 Å². The van der Waals surface area contributed by atoms with Crippen molar-refractivity contribution < 1.29 is 4.39 Å². The quantitative estimate of drug-likeness (QED) is 0.660. The van der Waals surface area contributed by atoms with Crippen molar-refractivity contribution in [1.29, 1.82) is 0 Å². The Morgan fingerprint density at radius 1 is 1.46 bits per heavy atom. The normalized spacial score (nSPS) is 17.9. The molecule has 0 aliphatic heterocycles. The number of terminal acetylenes is 1. The van der Waals surface area contributed by atoms with Gasteiger partial charge in [-0.15, -0.1) is 6.42 Å². The Morgan fingerprint density at radius 3 is 2.69 bits per heavy atom. The predicted molar refractivity (Wildman–Crippen MR) is 53.8 cm³/mol. The van der Waals surface area contributed by atoms with E-state index in [1.165, 1.54) is 0 Å². The van der Waals surface area contributed by atoms with Crippen molar-refractivity contribution in [2.24, 2.45) is 0 Å². The first-order valence-corrected chi connectivity index (χ1v) is 4.91. The summed E-state index contributed by atoms with van der Waals surface area (Å²) in [4.78, 5) is 0. The van der Waals surface area contributed by atoms with E-state index in [4.69, 9.17) is 6.42 Å². The van der Waals surface area contributed by atoms with Crippen molar-refractivity contribution in [1.82, 2.24) is 0 Å². The molecule has 0 heterocycles. The minimum Gasteiger partial charge on any atom is -0.205 e. The fourth-order valence-electron chi connectivity index (χ4n) is 1.49. The number of benzene rings is 1. The molecule has 2 rings (SSSR count). The van der Waals surface area contributed by atoms with E-state index >= 15 is 0 Å². The number of hydrogen-bond acceptors (Lipinski definition) is 0. The Morgan fingerprint density at radius 2 is 2.15 bits per heavy atom. The second-order valence-electron chi connectivity index (χ2n) is 3.33. The number of rotatable bonds is 1. The Kier molecular flexibility index (Phi) is 1.92. The van der Waals surface area contributed by atoms with Crippen LogP contribution in [0.5, 0.6) is 0 Å². The molecule has 0 unspecified atom stereocenters. The lowest BCUT2D eigenvalue weighted by Gasteiger charge is -2.09. The lowest BCUT2D eigenvalue weighted by molar-refractivity contribution is 0.594. The van der Waals surface area contributed by atoms with Crippen molar-refractivity contribution >= 4 is 15.9 Å². The minimum absolute atomic E-state index is 0.210. The molecule has 0 nitrogen and oxygen atoms in total. The van der Waals surface area contributed by atoms with E-state index in [1.54, 1.807) is 12.1 Å². The van der Waals surface area contributed by atoms with Crippen LogP contribution in [0.4, 0.5) is 4.39 Å². The van der Waals surface area contributed by atoms with Crippen LogP contribution in [0.25, 0.3) is 0 Å². The fraction of sp³-hybridized carbons (Fsp3) is 0.273. The van der Waals surface area contributed by atoms with Gasteiger partial charge in [-0.1, -0.05) is 18.1 Å². The van der Waals surface area contributed by atoms with Crippen molar-refractivity contribution in [2.45, 2.75) is 18.3 Å². The highest BCUT2D eigenvalue weighted by atomic mass is 79.9. The molecule has 66 valence electrons. The van der Waals surface area contributed by atoms with Crippen LogP contribution in [-0.4, -0.2) is 0 Å². The van der Waals surface area contributed by atoms with Gasteiger partial charge in [0.25, 0.3) is 0 Å². The van der Waals surface area contributed by atoms with E-state index in [0.29, 0.717) is 10.0 Å². The van der Waals surface area contributed by atoms with Gasteiger partial charge in [0.05, 0.1) is 9.89 Å². The van der Waals surface area contributed by atoms with Gasteiger partial charge in [0.1, 0.15) is 5.82 Å². The zero-order chi connectivity index (χ0) is 9.47. The van der Waals surface area contributed by atoms with Crippen LogP contribution < -0.4 is 0 Å². The molecule has 0 bridgehead atoms. The highest BCUT2D eigenvalue weighted by molar-refractivity contribution is 9.10. The molecule has 0 atom stereocenters. The van der Waals surface area contributed by atoms with Crippen LogP contribution in [0.2, 0.25) is 0 Å². The van der Waals surface area contributed by atoms with E-state index in [0.717, 1.165) is 12.8 Å². The molecule has 1 aromatic rings. The molecule has 0 aromatic heterocycles. The third-order valence-corrected chi connectivity index (χ3v) is 3.11. The predicted octanol–water partition coefficient (Wildman–Crippen LogP) is 3.25. The summed E-state index contributed by atoms with van der Waals surface area (Å²) in [6, 6.07) is 5.28. The van der Waals surface area contributed by atoms with Crippen LogP contribution >= 0.6 is 15.9 Å². The summed E-state index contributed by atoms with van der Waals surface area (Å²) >= 11 is 3.15. The topological polar surface area (TPSA) is 0 Å². The standard InChI is InChI=1S/C11H8BrF/c1-2-11(6-7-11)8-4-3-5-9(12)10(8)13/h1,3-5H,6-7H2. The molecule has 1 aromatic carbocycles. The van der Waals surface area contributed by atoms with Crippen LogP contribution in [0, 0.1) is 18.2 Å². The first kappa shape index (κ1) is 8.77. The summed E-state index contributed by atoms with van der Waals surface area (Å²) < 4.78 is 14.1. The fourth-order valence-corrected chi connectivity index (χ4v) is 1.86. The zero-order valence-electron chi connectivity index (χ0n) is 6.98. The second-order valence-corrected chi connectivity index (χ2v) is 4.18. The number of hydrogen-bond donors (Lipinski definition) is 0. The summed E-state index contributed by atoms with van der Waals surface area (Å²) in [7, 11) is 0. The second kappa shape index (κ2) is 2.85. The van der Waals surface area contributed by atoms with Crippen molar-refractivity contribution in [3.8, 4) is 12.3 Å². The van der Waals surface area contributed by atoms with Crippen molar-refractivity contribution in [3.05, 3.63) is 34.1 Å². The average molecular weight is 239 g/mol. The smallest absolute Gasteiger partial charge is 0.142 e. The first-order valence-electron chi connectivity index (χ1n) is 4.12. The monoisotopic (exact) mass is 238 g/mol. The molecule has 0 radical (unpaired) electrons. The van der Waals surface area contributed by atoms with Gasteiger partial charge in [-0.2, -0.15) is 0 Å². The highest BCUT2D eigenvalue weighted by Crippen LogP contribution is 2.49. The van der Waals surface area contributed by atoms with E-state index in [1.807, 2.05) is 6.07 Å². The molecular formula is C11H8BrF. The largest absolute Gasteiger partial charge is 0.205 e. The molecular weight excluding hydrogens is 231 g/mol. The van der Waals surface area contributed by atoms with Gasteiger partial charge in [-0.05, 0) is 34.8 Å². The summed E-state index contributed by atoms with van der Waals surface area (Å²) in [6.45, 7) is 0. The molecule has 1 aliphatic carbocycles. The molecule has 0 spiro atoms. The van der Waals surface area contributed by atoms with E-state index < -0.39 is 0 Å². The maximum Gasteiger partial charge on any atom is 0.142 e.